The molecule has 0 aliphatic carbocycles. The first-order chi connectivity index (χ1) is 8.95. The largest absolute Gasteiger partial charge is 0.508 e. The van der Waals surface area contributed by atoms with Crippen molar-refractivity contribution < 1.29 is 5.11 Å². The van der Waals surface area contributed by atoms with Crippen molar-refractivity contribution in [3.8, 4) is 5.75 Å². The maximum atomic E-state index is 9.35. The number of phenolic OH excluding ortho intramolecular Hbond substituents is 1. The zero-order valence-corrected chi connectivity index (χ0v) is 12.9. The maximum absolute atomic E-state index is 9.35. The van der Waals surface area contributed by atoms with Crippen molar-refractivity contribution in [2.24, 2.45) is 5.92 Å². The Morgan fingerprint density at radius 2 is 1.74 bits per heavy atom. The van der Waals surface area contributed by atoms with Gasteiger partial charge in [0.15, 0.2) is 0 Å². The Hall–Kier alpha value is -1.06. The van der Waals surface area contributed by atoms with E-state index in [2.05, 4.69) is 45.1 Å². The van der Waals surface area contributed by atoms with E-state index in [0.29, 0.717) is 23.8 Å². The van der Waals surface area contributed by atoms with Gasteiger partial charge >= 0.3 is 0 Å². The van der Waals surface area contributed by atoms with Crippen LogP contribution in [0.4, 0.5) is 0 Å². The average Bonchev–Trinajstić information content (AvgIpc) is 2.35. The number of hydrogen-bond acceptors (Lipinski definition) is 3. The predicted molar refractivity (Wildman–Crippen MR) is 81.5 cm³/mol. The number of hydrogen-bond donors (Lipinski definition) is 2. The fraction of sp³-hybridized carbons (Fsp3) is 0.625. The topological polar surface area (TPSA) is 35.5 Å². The number of phenols is 1. The summed E-state index contributed by atoms with van der Waals surface area (Å²) in [5.41, 5.74) is 1.24. The second kappa shape index (κ2) is 7.51. The van der Waals surface area contributed by atoms with Gasteiger partial charge in [-0.15, -0.1) is 0 Å². The molecule has 0 aliphatic heterocycles. The number of nitrogens with one attached hydrogen (secondary N) is 1. The average molecular weight is 264 g/mol. The van der Waals surface area contributed by atoms with Crippen molar-refractivity contribution in [2.45, 2.75) is 39.3 Å². The lowest BCUT2D eigenvalue weighted by molar-refractivity contribution is 0.218. The number of benzene rings is 1. The Morgan fingerprint density at radius 3 is 2.16 bits per heavy atom. The van der Waals surface area contributed by atoms with Gasteiger partial charge in [-0.05, 0) is 44.1 Å². The molecule has 3 nitrogen and oxygen atoms in total. The van der Waals surface area contributed by atoms with E-state index in [1.807, 2.05) is 12.1 Å². The Kier molecular flexibility index (Phi) is 6.32. The second-order valence-electron chi connectivity index (χ2n) is 5.74. The number of likely N-dealkylation sites (N-methyl/N-ethyl adjacent to an activating group) is 1. The van der Waals surface area contributed by atoms with Crippen molar-refractivity contribution in [2.75, 3.05) is 20.6 Å². The molecule has 3 heteroatoms. The standard InChI is InChI=1S/C16H28N2O/c1-6-15(13-7-9-14(19)10-8-13)17-11-16(12(2)3)18(4)5/h7-10,12,15-17,19H,6,11H2,1-5H3. The van der Waals surface area contributed by atoms with Crippen LogP contribution in [0.25, 0.3) is 0 Å². The highest BCUT2D eigenvalue weighted by Gasteiger charge is 2.17. The van der Waals surface area contributed by atoms with Crippen molar-refractivity contribution in [3.63, 3.8) is 0 Å². The molecule has 1 aromatic carbocycles. The van der Waals surface area contributed by atoms with Crippen molar-refractivity contribution in [1.29, 1.82) is 0 Å². The summed E-state index contributed by atoms with van der Waals surface area (Å²) in [5.74, 6) is 0.951. The first-order valence-corrected chi connectivity index (χ1v) is 7.14. The van der Waals surface area contributed by atoms with Crippen LogP contribution in [0.15, 0.2) is 24.3 Å². The Labute approximate surface area is 117 Å². The Balaban J connectivity index is 2.64. The molecule has 0 bridgehead atoms. The molecular formula is C16H28N2O. The summed E-state index contributed by atoms with van der Waals surface area (Å²) in [6, 6.07) is 8.39. The van der Waals surface area contributed by atoms with Crippen LogP contribution in [0.1, 0.15) is 38.8 Å². The SMILES string of the molecule is CCC(NCC(C(C)C)N(C)C)c1ccc(O)cc1. The fourth-order valence-corrected chi connectivity index (χ4v) is 2.48. The molecule has 0 fully saturated rings. The van der Waals surface area contributed by atoms with Gasteiger partial charge in [0.25, 0.3) is 0 Å². The van der Waals surface area contributed by atoms with Gasteiger partial charge in [0.2, 0.25) is 0 Å². The van der Waals surface area contributed by atoms with E-state index in [1.165, 1.54) is 5.56 Å². The highest BCUT2D eigenvalue weighted by atomic mass is 16.3. The molecule has 0 heterocycles. The fourth-order valence-electron chi connectivity index (χ4n) is 2.48. The third-order valence-corrected chi connectivity index (χ3v) is 3.71. The Bertz CT molecular complexity index is 352. The van der Waals surface area contributed by atoms with E-state index in [-0.39, 0.29) is 0 Å². The van der Waals surface area contributed by atoms with E-state index in [1.54, 1.807) is 12.1 Å². The van der Waals surface area contributed by atoms with E-state index in [4.69, 9.17) is 0 Å². The van der Waals surface area contributed by atoms with Crippen LogP contribution in [-0.4, -0.2) is 36.7 Å². The zero-order chi connectivity index (χ0) is 14.4. The third kappa shape index (κ3) is 4.84. The summed E-state index contributed by atoms with van der Waals surface area (Å²) < 4.78 is 0. The maximum Gasteiger partial charge on any atom is 0.115 e. The molecule has 2 unspecified atom stereocenters. The van der Waals surface area contributed by atoms with Crippen LogP contribution in [-0.2, 0) is 0 Å². The van der Waals surface area contributed by atoms with E-state index in [9.17, 15) is 5.11 Å². The molecule has 0 aromatic heterocycles. The monoisotopic (exact) mass is 264 g/mol. The molecule has 1 aromatic rings. The van der Waals surface area contributed by atoms with E-state index < -0.39 is 0 Å². The lowest BCUT2D eigenvalue weighted by Crippen LogP contribution is -2.42. The van der Waals surface area contributed by atoms with Gasteiger partial charge in [-0.3, -0.25) is 0 Å². The van der Waals surface area contributed by atoms with Crippen LogP contribution in [0, 0.1) is 5.92 Å². The van der Waals surface area contributed by atoms with Crippen LogP contribution >= 0.6 is 0 Å². The molecule has 0 radical (unpaired) electrons. The molecule has 1 rings (SSSR count). The normalized spacial score (nSPS) is 14.9. The van der Waals surface area contributed by atoms with Gasteiger partial charge in [0.1, 0.15) is 5.75 Å². The van der Waals surface area contributed by atoms with Gasteiger partial charge in [-0.1, -0.05) is 32.9 Å². The summed E-state index contributed by atoms with van der Waals surface area (Å²) in [4.78, 5) is 2.28. The molecule has 2 N–H and O–H groups in total. The smallest absolute Gasteiger partial charge is 0.115 e. The minimum Gasteiger partial charge on any atom is -0.508 e. The molecule has 0 amide bonds. The first kappa shape index (κ1) is 16.0. The van der Waals surface area contributed by atoms with Crippen molar-refractivity contribution in [1.82, 2.24) is 10.2 Å². The molecule has 0 spiro atoms. The second-order valence-corrected chi connectivity index (χ2v) is 5.74. The molecule has 0 saturated carbocycles. The summed E-state index contributed by atoms with van der Waals surface area (Å²) in [7, 11) is 4.27. The number of rotatable bonds is 7. The molecule has 2 atom stereocenters. The molecule has 0 aliphatic rings. The quantitative estimate of drug-likeness (QED) is 0.794. The van der Waals surface area contributed by atoms with Crippen LogP contribution in [0.5, 0.6) is 5.75 Å². The predicted octanol–water partition coefficient (Wildman–Crippen LogP) is 3.02. The number of aromatic hydroxyl groups is 1. The summed E-state index contributed by atoms with van der Waals surface area (Å²) in [6.45, 7) is 7.68. The van der Waals surface area contributed by atoms with Gasteiger partial charge < -0.3 is 15.3 Å². The van der Waals surface area contributed by atoms with Crippen LogP contribution in [0.3, 0.4) is 0 Å². The van der Waals surface area contributed by atoms with E-state index in [0.717, 1.165) is 13.0 Å². The third-order valence-electron chi connectivity index (χ3n) is 3.71. The number of nitrogens with zero attached hydrogens (tertiary/aromatic N) is 1. The van der Waals surface area contributed by atoms with E-state index >= 15 is 0 Å². The summed E-state index contributed by atoms with van der Waals surface area (Å²) >= 11 is 0. The lowest BCUT2D eigenvalue weighted by atomic mass is 10.0. The summed E-state index contributed by atoms with van der Waals surface area (Å²) in [5, 5.41) is 13.0. The van der Waals surface area contributed by atoms with Crippen LogP contribution in [0.2, 0.25) is 0 Å². The highest BCUT2D eigenvalue weighted by Crippen LogP contribution is 2.20. The minimum atomic E-state index is 0.326. The zero-order valence-electron chi connectivity index (χ0n) is 12.9. The van der Waals surface area contributed by atoms with Crippen molar-refractivity contribution >= 4 is 0 Å². The molecule has 0 saturated heterocycles. The first-order valence-electron chi connectivity index (χ1n) is 7.14. The van der Waals surface area contributed by atoms with Gasteiger partial charge in [0, 0.05) is 18.6 Å². The molecule has 108 valence electrons. The lowest BCUT2D eigenvalue weighted by Gasteiger charge is -2.30. The highest BCUT2D eigenvalue weighted by molar-refractivity contribution is 5.27. The molecular weight excluding hydrogens is 236 g/mol. The Morgan fingerprint density at radius 1 is 1.16 bits per heavy atom. The molecule has 19 heavy (non-hydrogen) atoms. The van der Waals surface area contributed by atoms with Crippen LogP contribution < -0.4 is 5.32 Å². The van der Waals surface area contributed by atoms with Gasteiger partial charge in [-0.2, -0.15) is 0 Å². The summed E-state index contributed by atoms with van der Waals surface area (Å²) in [6.07, 6.45) is 1.04. The van der Waals surface area contributed by atoms with Gasteiger partial charge in [-0.25, -0.2) is 0 Å². The van der Waals surface area contributed by atoms with Crippen molar-refractivity contribution in [3.05, 3.63) is 29.8 Å². The van der Waals surface area contributed by atoms with Gasteiger partial charge in [0.05, 0.1) is 0 Å². The minimum absolute atomic E-state index is 0.326.